The topological polar surface area (TPSA) is 105 Å². The van der Waals surface area contributed by atoms with E-state index in [1.807, 2.05) is 4.72 Å². The first-order chi connectivity index (χ1) is 6.92. The van der Waals surface area contributed by atoms with Gasteiger partial charge in [-0.25, -0.2) is 0 Å². The van der Waals surface area contributed by atoms with Gasteiger partial charge in [0, 0.05) is 13.5 Å². The van der Waals surface area contributed by atoms with Gasteiger partial charge < -0.3 is 14.6 Å². The summed E-state index contributed by atoms with van der Waals surface area (Å²) in [5, 5.41) is 9.56. The Bertz CT molecular complexity index is 292. The average molecular weight is 241 g/mol. The van der Waals surface area contributed by atoms with Crippen molar-refractivity contribution in [1.29, 1.82) is 0 Å². The van der Waals surface area contributed by atoms with Crippen molar-refractivity contribution in [3.8, 4) is 0 Å². The number of methoxy groups -OCH3 is 1. The zero-order chi connectivity index (χ0) is 11.5. The minimum atomic E-state index is -4.31. The predicted octanol–water partition coefficient (Wildman–Crippen LogP) is -1.46. The van der Waals surface area contributed by atoms with Gasteiger partial charge in [-0.3, -0.25) is 4.55 Å². The van der Waals surface area contributed by atoms with Crippen LogP contribution >= 0.6 is 0 Å². The van der Waals surface area contributed by atoms with Crippen molar-refractivity contribution in [3.05, 3.63) is 0 Å². The summed E-state index contributed by atoms with van der Waals surface area (Å²) >= 11 is 0. The number of hydrogen-bond acceptors (Lipinski definition) is 5. The number of rotatable bonds is 4. The van der Waals surface area contributed by atoms with Crippen LogP contribution in [0.1, 0.15) is 6.42 Å². The maximum Gasteiger partial charge on any atom is 0.333 e. The van der Waals surface area contributed by atoms with Gasteiger partial charge in [-0.15, -0.1) is 0 Å². The van der Waals surface area contributed by atoms with Gasteiger partial charge in [-0.1, -0.05) is 0 Å². The second-order valence-corrected chi connectivity index (χ2v) is 4.60. The number of aliphatic hydroxyl groups excluding tert-OH is 1. The third-order valence-electron chi connectivity index (χ3n) is 2.13. The maximum atomic E-state index is 10.5. The van der Waals surface area contributed by atoms with Crippen LogP contribution in [-0.4, -0.2) is 56.7 Å². The summed E-state index contributed by atoms with van der Waals surface area (Å²) in [5.74, 6) is 0. The van der Waals surface area contributed by atoms with E-state index in [2.05, 4.69) is 0 Å². The fraction of sp³-hybridized carbons (Fsp3) is 1.00. The van der Waals surface area contributed by atoms with Gasteiger partial charge in [0.05, 0.1) is 31.5 Å². The van der Waals surface area contributed by atoms with Gasteiger partial charge in [0.25, 0.3) is 0 Å². The molecule has 1 rings (SSSR count). The lowest BCUT2D eigenvalue weighted by atomic mass is 10.0. The zero-order valence-electron chi connectivity index (χ0n) is 8.29. The number of nitrogens with one attached hydrogen (secondary N) is 1. The van der Waals surface area contributed by atoms with E-state index in [9.17, 15) is 13.5 Å². The monoisotopic (exact) mass is 241 g/mol. The molecular weight excluding hydrogens is 226 g/mol. The molecule has 0 aliphatic carbocycles. The van der Waals surface area contributed by atoms with Crippen molar-refractivity contribution in [2.45, 2.75) is 24.7 Å². The lowest BCUT2D eigenvalue weighted by Gasteiger charge is -2.32. The van der Waals surface area contributed by atoms with Gasteiger partial charge in [-0.2, -0.15) is 13.1 Å². The molecule has 1 aliphatic heterocycles. The van der Waals surface area contributed by atoms with E-state index in [0.717, 1.165) is 0 Å². The lowest BCUT2D eigenvalue weighted by molar-refractivity contribution is -0.0852. The molecule has 1 heterocycles. The van der Waals surface area contributed by atoms with E-state index < -0.39 is 22.4 Å². The quantitative estimate of drug-likeness (QED) is 0.520. The summed E-state index contributed by atoms with van der Waals surface area (Å²) in [6.07, 6.45) is -0.869. The molecule has 90 valence electrons. The van der Waals surface area contributed by atoms with Crippen LogP contribution in [0.4, 0.5) is 0 Å². The predicted molar refractivity (Wildman–Crippen MR) is 50.7 cm³/mol. The highest BCUT2D eigenvalue weighted by molar-refractivity contribution is 7.83. The molecule has 0 bridgehead atoms. The van der Waals surface area contributed by atoms with Gasteiger partial charge in [0.15, 0.2) is 0 Å². The zero-order valence-corrected chi connectivity index (χ0v) is 9.11. The third-order valence-corrected chi connectivity index (χ3v) is 2.73. The summed E-state index contributed by atoms with van der Waals surface area (Å²) in [6, 6.07) is -0.812. The summed E-state index contributed by atoms with van der Waals surface area (Å²) in [4.78, 5) is 0. The van der Waals surface area contributed by atoms with Crippen molar-refractivity contribution in [2.24, 2.45) is 0 Å². The summed E-state index contributed by atoms with van der Waals surface area (Å²) in [5.41, 5.74) is 0. The standard InChI is InChI=1S/C7H15NO6S/c1-13-3-5-2-7(9)6(4-14-5)8-15(10,11)12/h5-9H,2-4H2,1H3,(H,10,11,12)/t5?,6?,7-/m1/s1. The van der Waals surface area contributed by atoms with E-state index in [1.165, 1.54) is 7.11 Å². The first-order valence-corrected chi connectivity index (χ1v) is 5.89. The third kappa shape index (κ3) is 4.41. The minimum Gasteiger partial charge on any atom is -0.391 e. The van der Waals surface area contributed by atoms with Crippen LogP contribution in [0.25, 0.3) is 0 Å². The number of hydrogen-bond donors (Lipinski definition) is 3. The lowest BCUT2D eigenvalue weighted by Crippen LogP contribution is -2.52. The van der Waals surface area contributed by atoms with E-state index in [0.29, 0.717) is 6.61 Å². The highest BCUT2D eigenvalue weighted by atomic mass is 32.2. The maximum absolute atomic E-state index is 10.5. The molecule has 3 N–H and O–H groups in total. The minimum absolute atomic E-state index is 0.00891. The molecule has 0 spiro atoms. The molecule has 2 unspecified atom stereocenters. The first-order valence-electron chi connectivity index (χ1n) is 4.45. The fourth-order valence-electron chi connectivity index (χ4n) is 1.46. The Morgan fingerprint density at radius 1 is 1.60 bits per heavy atom. The van der Waals surface area contributed by atoms with Crippen molar-refractivity contribution in [1.82, 2.24) is 4.72 Å². The fourth-order valence-corrected chi connectivity index (χ4v) is 2.07. The van der Waals surface area contributed by atoms with Crippen LogP contribution in [-0.2, 0) is 19.8 Å². The van der Waals surface area contributed by atoms with Crippen LogP contribution in [0.15, 0.2) is 0 Å². The Kier molecular flexibility index (Phi) is 4.44. The Morgan fingerprint density at radius 2 is 2.27 bits per heavy atom. The van der Waals surface area contributed by atoms with Crippen molar-refractivity contribution < 1.29 is 27.6 Å². The molecule has 1 aliphatic rings. The van der Waals surface area contributed by atoms with Crippen LogP contribution in [0.5, 0.6) is 0 Å². The molecule has 1 fully saturated rings. The molecule has 0 radical (unpaired) electrons. The van der Waals surface area contributed by atoms with Crippen molar-refractivity contribution in [2.75, 3.05) is 20.3 Å². The Labute approximate surface area is 88.3 Å². The smallest absolute Gasteiger partial charge is 0.333 e. The highest BCUT2D eigenvalue weighted by Gasteiger charge is 2.31. The average Bonchev–Trinajstić information content (AvgIpc) is 2.08. The Morgan fingerprint density at radius 3 is 2.73 bits per heavy atom. The summed E-state index contributed by atoms with van der Waals surface area (Å²) in [6.45, 7) is 0.352. The number of ether oxygens (including phenoxy) is 2. The Balaban J connectivity index is 2.46. The van der Waals surface area contributed by atoms with Crippen molar-refractivity contribution in [3.63, 3.8) is 0 Å². The van der Waals surface area contributed by atoms with Crippen LogP contribution < -0.4 is 4.72 Å². The molecule has 0 amide bonds. The molecule has 1 saturated heterocycles. The van der Waals surface area contributed by atoms with Crippen LogP contribution in [0.3, 0.4) is 0 Å². The summed E-state index contributed by atoms with van der Waals surface area (Å²) < 4.78 is 41.5. The van der Waals surface area contributed by atoms with Crippen molar-refractivity contribution >= 4 is 10.3 Å². The molecule has 3 atom stereocenters. The van der Waals surface area contributed by atoms with E-state index in [-0.39, 0.29) is 19.1 Å². The molecular formula is C7H15NO6S. The summed E-state index contributed by atoms with van der Waals surface area (Å²) in [7, 11) is -2.80. The first kappa shape index (κ1) is 12.8. The SMILES string of the molecule is COCC1C[C@@H](O)C(NS(=O)(=O)O)CO1. The second-order valence-electron chi connectivity index (χ2n) is 3.41. The normalized spacial score (nSPS) is 32.9. The highest BCUT2D eigenvalue weighted by Crippen LogP contribution is 2.15. The largest absolute Gasteiger partial charge is 0.391 e. The molecule has 0 aromatic heterocycles. The molecule has 0 aromatic carbocycles. The molecule has 0 saturated carbocycles. The molecule has 7 nitrogen and oxygen atoms in total. The van der Waals surface area contributed by atoms with Gasteiger partial charge in [0.2, 0.25) is 0 Å². The van der Waals surface area contributed by atoms with Gasteiger partial charge >= 0.3 is 10.3 Å². The van der Waals surface area contributed by atoms with Gasteiger partial charge in [-0.05, 0) is 0 Å². The van der Waals surface area contributed by atoms with E-state index in [1.54, 1.807) is 0 Å². The number of aliphatic hydroxyl groups is 1. The second kappa shape index (κ2) is 5.19. The van der Waals surface area contributed by atoms with Crippen LogP contribution in [0.2, 0.25) is 0 Å². The molecule has 0 aromatic rings. The Hall–Kier alpha value is -0.250. The van der Waals surface area contributed by atoms with Gasteiger partial charge in [0.1, 0.15) is 0 Å². The van der Waals surface area contributed by atoms with E-state index >= 15 is 0 Å². The van der Waals surface area contributed by atoms with Crippen LogP contribution in [0, 0.1) is 0 Å². The van der Waals surface area contributed by atoms with E-state index in [4.69, 9.17) is 14.0 Å². The molecule has 8 heteroatoms. The molecule has 15 heavy (non-hydrogen) atoms.